The number of hydrogen-bond acceptors (Lipinski definition) is 0. The van der Waals surface area contributed by atoms with Crippen LogP contribution in [-0.2, 0) is 0 Å². The van der Waals surface area contributed by atoms with Crippen LogP contribution in [0.4, 0.5) is 0 Å². The van der Waals surface area contributed by atoms with Gasteiger partial charge in [-0.3, -0.25) is 0 Å². The molecule has 0 radical (unpaired) electrons. The second kappa shape index (κ2) is 235. The topological polar surface area (TPSA) is 0 Å². The Morgan fingerprint density at radius 2 is 0.600 bits per heavy atom. The van der Waals surface area contributed by atoms with Gasteiger partial charge in [-0.1, -0.05) is 0 Å². The first kappa shape index (κ1) is 17.9. The van der Waals surface area contributed by atoms with Crippen molar-refractivity contribution in [3.05, 3.63) is 26.3 Å². The van der Waals surface area contributed by atoms with E-state index in [0.29, 0.717) is 0 Å². The van der Waals surface area contributed by atoms with Crippen molar-refractivity contribution in [3.63, 3.8) is 0 Å². The predicted molar refractivity (Wildman–Crippen MR) is 29.7 cm³/mol. The molecule has 0 aliphatic heterocycles. The van der Waals surface area contributed by atoms with Crippen molar-refractivity contribution in [1.29, 1.82) is 0 Å². The average Bonchev–Trinajstić information content (AvgIpc) is 1.50. The predicted octanol–water partition coefficient (Wildman–Crippen LogP) is 0.956. The van der Waals surface area contributed by atoms with Gasteiger partial charge in [-0.05, 0) is 0 Å². The molecule has 0 saturated heterocycles. The van der Waals surface area contributed by atoms with E-state index in [4.69, 9.17) is 0 Å². The Kier molecular flexibility index (Phi) is 842. The summed E-state index contributed by atoms with van der Waals surface area (Å²) in [5.74, 6) is 0. The monoisotopic (exact) mass is 80.1 g/mol. The fourth-order valence-corrected chi connectivity index (χ4v) is 0. The molecule has 0 aromatic carbocycles. The maximum absolute atomic E-state index is 3.00. The summed E-state index contributed by atoms with van der Waals surface area (Å²) in [6.45, 7) is 12.0. The fraction of sp³-hybridized carbons (Fsp3) is 0. The Morgan fingerprint density at radius 1 is 0.600 bits per heavy atom. The van der Waals surface area contributed by atoms with E-state index < -0.39 is 0 Å². The first-order valence-electron chi connectivity index (χ1n) is 1.000. The molecule has 0 bridgehead atoms. The Balaban J connectivity index is -0.0000000133. The van der Waals surface area contributed by atoms with Crippen LogP contribution in [0.3, 0.4) is 0 Å². The molecule has 0 N–H and O–H groups in total. The molecule has 0 atom stereocenters. The average molecular weight is 80.1 g/mol. The van der Waals surface area contributed by atoms with E-state index >= 15 is 0 Å². The Hall–Kier alpha value is 0.480. The van der Waals surface area contributed by atoms with Gasteiger partial charge in [-0.25, -0.2) is 0 Å². The zero-order chi connectivity index (χ0) is 4.00. The molecule has 0 spiro atoms. The van der Waals surface area contributed by atoms with E-state index in [1.54, 1.807) is 0 Å². The van der Waals surface area contributed by atoms with Crippen LogP contribution in [0.15, 0.2) is 26.3 Å². The minimum atomic E-state index is 0. The molecule has 0 nitrogen and oxygen atoms in total. The molecule has 0 aliphatic carbocycles. The van der Waals surface area contributed by atoms with E-state index in [9.17, 15) is 0 Å². The molecule has 1 heteroatoms. The van der Waals surface area contributed by atoms with Crippen molar-refractivity contribution >= 4 is 29.6 Å². The van der Waals surface area contributed by atoms with Gasteiger partial charge in [0.25, 0.3) is 0 Å². The summed E-state index contributed by atoms with van der Waals surface area (Å²) in [4.78, 5) is 0. The van der Waals surface area contributed by atoms with Gasteiger partial charge in [-0.2, -0.15) is 0 Å². The quantitative estimate of drug-likeness (QED) is 0.300. The van der Waals surface area contributed by atoms with Gasteiger partial charge >= 0.3 is 29.6 Å². The van der Waals surface area contributed by atoms with Gasteiger partial charge in [0.05, 0.1) is 0 Å². The van der Waals surface area contributed by atoms with Gasteiger partial charge in [0.2, 0.25) is 0 Å². The molecule has 0 saturated carbocycles. The molecule has 0 unspecified atom stereocenters. The van der Waals surface area contributed by atoms with Crippen molar-refractivity contribution in [2.24, 2.45) is 0 Å². The zero-order valence-electron chi connectivity index (χ0n) is 2.83. The Morgan fingerprint density at radius 3 is 0.600 bits per heavy atom. The summed E-state index contributed by atoms with van der Waals surface area (Å²) in [7, 11) is 0. The summed E-state index contributed by atoms with van der Waals surface area (Å²) in [6, 6.07) is 0. The second-order valence-corrected chi connectivity index (χ2v) is 0. The Labute approximate surface area is 55.9 Å². The molecule has 26 valence electrons. The second-order valence-electron chi connectivity index (χ2n) is 0. The Bertz CT molecular complexity index is 5.61. The van der Waals surface area contributed by atoms with E-state index in [0.717, 1.165) is 0 Å². The zero-order valence-corrected chi connectivity index (χ0v) is 2.83. The molecule has 0 aromatic heterocycles. The van der Waals surface area contributed by atoms with Crippen molar-refractivity contribution in [1.82, 2.24) is 0 Å². The van der Waals surface area contributed by atoms with Crippen LogP contribution in [0.2, 0.25) is 0 Å². The normalized spacial score (nSPS) is 1.60. The third kappa shape index (κ3) is 120. The van der Waals surface area contributed by atoms with E-state index in [1.807, 2.05) is 0 Å². The molecular weight excluding hydrogens is 71.0 g/mol. The first-order valence-corrected chi connectivity index (χ1v) is 1.000. The molecule has 0 rings (SSSR count). The van der Waals surface area contributed by atoms with Crippen molar-refractivity contribution < 1.29 is 0 Å². The molecule has 0 fully saturated rings. The molecule has 0 heterocycles. The van der Waals surface area contributed by atoms with Crippen LogP contribution in [0.5, 0.6) is 0 Å². The maximum atomic E-state index is 3.00. The van der Waals surface area contributed by atoms with Gasteiger partial charge in [0, 0.05) is 0 Å². The van der Waals surface area contributed by atoms with Crippen LogP contribution >= 0.6 is 0 Å². The third-order valence-corrected chi connectivity index (χ3v) is 0. The standard InChI is InChI=1S/2C2H4.Na.H/c2*1-2;;/h2*1-2H2;;. The van der Waals surface area contributed by atoms with E-state index in [2.05, 4.69) is 26.3 Å². The van der Waals surface area contributed by atoms with Crippen molar-refractivity contribution in [2.75, 3.05) is 0 Å². The minimum absolute atomic E-state index is 0. The van der Waals surface area contributed by atoms with E-state index in [1.165, 1.54) is 0 Å². The van der Waals surface area contributed by atoms with Gasteiger partial charge in [-0.15, -0.1) is 26.3 Å². The van der Waals surface area contributed by atoms with Crippen LogP contribution in [0, 0.1) is 0 Å². The van der Waals surface area contributed by atoms with Crippen molar-refractivity contribution in [3.8, 4) is 0 Å². The first-order chi connectivity index (χ1) is 2.00. The van der Waals surface area contributed by atoms with Crippen LogP contribution < -0.4 is 0 Å². The van der Waals surface area contributed by atoms with Crippen LogP contribution in [-0.4, -0.2) is 29.6 Å². The molecule has 0 amide bonds. The summed E-state index contributed by atoms with van der Waals surface area (Å²) in [5.41, 5.74) is 0. The van der Waals surface area contributed by atoms with E-state index in [-0.39, 0.29) is 29.6 Å². The van der Waals surface area contributed by atoms with Crippen LogP contribution in [0.1, 0.15) is 0 Å². The van der Waals surface area contributed by atoms with Gasteiger partial charge in [0.15, 0.2) is 0 Å². The third-order valence-electron chi connectivity index (χ3n) is 0. The molecule has 0 aliphatic rings. The summed E-state index contributed by atoms with van der Waals surface area (Å²) >= 11 is 0. The summed E-state index contributed by atoms with van der Waals surface area (Å²) in [6.07, 6.45) is 0. The fourth-order valence-electron chi connectivity index (χ4n) is 0. The van der Waals surface area contributed by atoms with Gasteiger partial charge < -0.3 is 0 Å². The number of rotatable bonds is 0. The molecule has 0 aromatic rings. The molecular formula is C4H9Na. The van der Waals surface area contributed by atoms with Crippen molar-refractivity contribution in [2.45, 2.75) is 0 Å². The van der Waals surface area contributed by atoms with Gasteiger partial charge in [0.1, 0.15) is 0 Å². The van der Waals surface area contributed by atoms with Crippen LogP contribution in [0.25, 0.3) is 0 Å². The summed E-state index contributed by atoms with van der Waals surface area (Å²) < 4.78 is 0. The SMILES string of the molecule is C=C.C=C.[NaH]. The summed E-state index contributed by atoms with van der Waals surface area (Å²) in [5, 5.41) is 0. The molecule has 5 heavy (non-hydrogen) atoms. The number of hydrogen-bond donors (Lipinski definition) is 0.